The van der Waals surface area contributed by atoms with Crippen LogP contribution in [0.4, 0.5) is 0 Å². The van der Waals surface area contributed by atoms with Gasteiger partial charge in [-0.15, -0.1) is 0 Å². The average molecular weight is 579 g/mol. The minimum atomic E-state index is 0.163. The largest absolute Gasteiger partial charge is 0.493 e. The molecule has 1 saturated heterocycles. The van der Waals surface area contributed by atoms with Crippen LogP contribution in [0.3, 0.4) is 0 Å². The Balaban J connectivity index is 1.01. The van der Waals surface area contributed by atoms with Crippen LogP contribution in [0.15, 0.2) is 97.2 Å². The number of carbonyl (C=O) groups excluding carboxylic acids is 1. The highest BCUT2D eigenvalue weighted by atomic mass is 16.5. The van der Waals surface area contributed by atoms with Gasteiger partial charge in [0.05, 0.1) is 18.7 Å². The third kappa shape index (κ3) is 10.2. The van der Waals surface area contributed by atoms with Gasteiger partial charge in [-0.1, -0.05) is 66.7 Å². The van der Waals surface area contributed by atoms with E-state index in [0.29, 0.717) is 13.2 Å². The molecule has 0 radical (unpaired) electrons. The van der Waals surface area contributed by atoms with Crippen LogP contribution >= 0.6 is 0 Å². The van der Waals surface area contributed by atoms with Crippen molar-refractivity contribution in [3.05, 3.63) is 108 Å². The second-order valence-electron chi connectivity index (χ2n) is 11.7. The van der Waals surface area contributed by atoms with Crippen molar-refractivity contribution in [2.75, 3.05) is 45.9 Å². The summed E-state index contributed by atoms with van der Waals surface area (Å²) in [4.78, 5) is 22.3. The van der Waals surface area contributed by atoms with Crippen molar-refractivity contribution < 1.29 is 9.53 Å². The standard InChI is InChI=1S/C37H46N4O2/c42-37(39-33(18-7-16-31-12-3-1-4-13-31)19-8-17-32-14-5-2-6-15-32)30-41-27-25-40(26-28-41)24-11-29-43-36-22-9-21-35-34(36)20-10-23-38-35/h1-6,9-10,12-15,20-23,33H,7-8,11,16-19,24-30H2,(H,39,42). The summed E-state index contributed by atoms with van der Waals surface area (Å²) < 4.78 is 6.10. The van der Waals surface area contributed by atoms with E-state index in [2.05, 4.69) is 86.8 Å². The summed E-state index contributed by atoms with van der Waals surface area (Å²) in [5, 5.41) is 4.46. The summed E-state index contributed by atoms with van der Waals surface area (Å²) in [7, 11) is 0. The maximum atomic E-state index is 13.1. The molecular weight excluding hydrogens is 532 g/mol. The van der Waals surface area contributed by atoms with E-state index in [1.165, 1.54) is 11.1 Å². The zero-order chi connectivity index (χ0) is 29.5. The topological polar surface area (TPSA) is 57.7 Å². The Labute approximate surface area is 257 Å². The number of aromatic nitrogens is 1. The van der Waals surface area contributed by atoms with Gasteiger partial charge in [0.15, 0.2) is 0 Å². The van der Waals surface area contributed by atoms with Crippen molar-refractivity contribution in [3.8, 4) is 5.75 Å². The molecule has 2 heterocycles. The molecule has 1 aromatic heterocycles. The predicted molar refractivity (Wildman–Crippen MR) is 175 cm³/mol. The highest BCUT2D eigenvalue weighted by molar-refractivity contribution is 5.84. The monoisotopic (exact) mass is 578 g/mol. The van der Waals surface area contributed by atoms with Crippen molar-refractivity contribution in [1.29, 1.82) is 0 Å². The number of nitrogens with zero attached hydrogens (tertiary/aromatic N) is 3. The maximum absolute atomic E-state index is 13.1. The van der Waals surface area contributed by atoms with Gasteiger partial charge in [0.1, 0.15) is 5.75 Å². The Morgan fingerprint density at radius 3 is 2.07 bits per heavy atom. The first kappa shape index (κ1) is 30.7. The first-order chi connectivity index (χ1) is 21.2. The van der Waals surface area contributed by atoms with Gasteiger partial charge in [0, 0.05) is 50.3 Å². The van der Waals surface area contributed by atoms with Gasteiger partial charge in [-0.05, 0) is 80.3 Å². The predicted octanol–water partition coefficient (Wildman–Crippen LogP) is 6.15. The molecule has 0 bridgehead atoms. The summed E-state index contributed by atoms with van der Waals surface area (Å²) in [5.74, 6) is 1.07. The number of aryl methyl sites for hydroxylation is 2. The first-order valence-corrected chi connectivity index (χ1v) is 16.0. The number of piperazine rings is 1. The third-order valence-corrected chi connectivity index (χ3v) is 8.40. The molecule has 1 amide bonds. The van der Waals surface area contributed by atoms with Gasteiger partial charge in [-0.3, -0.25) is 14.7 Å². The number of pyridine rings is 1. The number of hydrogen-bond donors (Lipinski definition) is 1. The fourth-order valence-corrected chi connectivity index (χ4v) is 6.00. The number of ether oxygens (including phenoxy) is 1. The van der Waals surface area contributed by atoms with Crippen molar-refractivity contribution in [1.82, 2.24) is 20.1 Å². The van der Waals surface area contributed by atoms with Crippen LogP contribution in [-0.2, 0) is 17.6 Å². The Morgan fingerprint density at radius 1 is 0.744 bits per heavy atom. The molecule has 0 saturated carbocycles. The van der Waals surface area contributed by atoms with E-state index in [1.54, 1.807) is 0 Å². The van der Waals surface area contributed by atoms with E-state index >= 15 is 0 Å². The number of rotatable bonds is 16. The number of fused-ring (bicyclic) bond motifs is 1. The van der Waals surface area contributed by atoms with Gasteiger partial charge >= 0.3 is 0 Å². The molecule has 1 aliphatic rings. The van der Waals surface area contributed by atoms with Crippen LogP contribution in [0.5, 0.6) is 5.75 Å². The van der Waals surface area contributed by atoms with E-state index in [1.807, 2.05) is 30.5 Å². The van der Waals surface area contributed by atoms with Crippen molar-refractivity contribution in [2.24, 2.45) is 0 Å². The summed E-state index contributed by atoms with van der Waals surface area (Å²) in [5.41, 5.74) is 3.70. The van der Waals surface area contributed by atoms with Crippen LogP contribution in [0.1, 0.15) is 43.2 Å². The minimum Gasteiger partial charge on any atom is -0.493 e. The van der Waals surface area contributed by atoms with Crippen LogP contribution < -0.4 is 10.1 Å². The molecule has 0 spiro atoms. The van der Waals surface area contributed by atoms with E-state index < -0.39 is 0 Å². The average Bonchev–Trinajstić information content (AvgIpc) is 3.05. The third-order valence-electron chi connectivity index (χ3n) is 8.40. The minimum absolute atomic E-state index is 0.163. The summed E-state index contributed by atoms with van der Waals surface area (Å²) in [6.45, 7) is 6.01. The SMILES string of the molecule is O=C(CN1CCN(CCCOc2cccc3ncccc23)CC1)NC(CCCc1ccccc1)CCCc1ccccc1. The number of carbonyl (C=O) groups is 1. The summed E-state index contributed by atoms with van der Waals surface area (Å²) in [6, 6.07) is 31.6. The fourth-order valence-electron chi connectivity index (χ4n) is 6.00. The lowest BCUT2D eigenvalue weighted by atomic mass is 9.99. The van der Waals surface area contributed by atoms with Crippen molar-refractivity contribution >= 4 is 16.8 Å². The normalized spacial score (nSPS) is 14.3. The number of nitrogens with one attached hydrogen (secondary N) is 1. The zero-order valence-corrected chi connectivity index (χ0v) is 25.4. The number of benzene rings is 3. The second kappa shape index (κ2) is 16.8. The van der Waals surface area contributed by atoms with Crippen molar-refractivity contribution in [2.45, 2.75) is 51.0 Å². The van der Waals surface area contributed by atoms with Gasteiger partial charge in [-0.2, -0.15) is 0 Å². The Kier molecular flexibility index (Phi) is 12.0. The summed E-state index contributed by atoms with van der Waals surface area (Å²) >= 11 is 0. The lowest BCUT2D eigenvalue weighted by Crippen LogP contribution is -2.50. The molecule has 1 fully saturated rings. The number of hydrogen-bond acceptors (Lipinski definition) is 5. The highest BCUT2D eigenvalue weighted by Crippen LogP contribution is 2.23. The van der Waals surface area contributed by atoms with Crippen molar-refractivity contribution in [3.63, 3.8) is 0 Å². The van der Waals surface area contributed by atoms with Gasteiger partial charge < -0.3 is 15.0 Å². The molecule has 43 heavy (non-hydrogen) atoms. The molecule has 1 N–H and O–H groups in total. The molecule has 0 atom stereocenters. The van der Waals surface area contributed by atoms with Crippen LogP contribution in [0, 0.1) is 0 Å². The smallest absolute Gasteiger partial charge is 0.234 e. The van der Waals surface area contributed by atoms with Crippen LogP contribution in [0.25, 0.3) is 10.9 Å². The lowest BCUT2D eigenvalue weighted by molar-refractivity contribution is -0.123. The van der Waals surface area contributed by atoms with Gasteiger partial charge in [-0.25, -0.2) is 0 Å². The van der Waals surface area contributed by atoms with Crippen LogP contribution in [-0.4, -0.2) is 72.6 Å². The van der Waals surface area contributed by atoms with E-state index in [-0.39, 0.29) is 11.9 Å². The zero-order valence-electron chi connectivity index (χ0n) is 25.4. The molecule has 1 aliphatic heterocycles. The van der Waals surface area contributed by atoms with Crippen LogP contribution in [0.2, 0.25) is 0 Å². The highest BCUT2D eigenvalue weighted by Gasteiger charge is 2.20. The molecule has 5 rings (SSSR count). The molecular formula is C37H46N4O2. The fraction of sp³-hybridized carbons (Fsp3) is 0.405. The van der Waals surface area contributed by atoms with Gasteiger partial charge in [0.25, 0.3) is 0 Å². The Hall–Kier alpha value is -3.74. The van der Waals surface area contributed by atoms with E-state index in [0.717, 1.165) is 94.3 Å². The molecule has 0 unspecified atom stereocenters. The van der Waals surface area contributed by atoms with Gasteiger partial charge in [0.2, 0.25) is 5.91 Å². The Morgan fingerprint density at radius 2 is 1.40 bits per heavy atom. The Bertz CT molecular complexity index is 1320. The molecule has 226 valence electrons. The second-order valence-corrected chi connectivity index (χ2v) is 11.7. The summed E-state index contributed by atoms with van der Waals surface area (Å²) in [6.07, 6.45) is 9.09. The molecule has 6 heteroatoms. The lowest BCUT2D eigenvalue weighted by Gasteiger charge is -2.34. The molecule has 3 aromatic carbocycles. The number of amides is 1. The molecule has 6 nitrogen and oxygen atoms in total. The van der Waals surface area contributed by atoms with E-state index in [9.17, 15) is 4.79 Å². The van der Waals surface area contributed by atoms with E-state index in [4.69, 9.17) is 4.74 Å². The first-order valence-electron chi connectivity index (χ1n) is 16.0. The quantitative estimate of drug-likeness (QED) is 0.162. The molecule has 4 aromatic rings. The molecule has 0 aliphatic carbocycles. The maximum Gasteiger partial charge on any atom is 0.234 e.